The molecule has 0 saturated carbocycles. The van der Waals surface area contributed by atoms with E-state index < -0.39 is 0 Å². The number of fused-ring (bicyclic) bond motifs is 3. The number of benzene rings is 5. The molecule has 1 nitrogen and oxygen atoms in total. The lowest BCUT2D eigenvalue weighted by atomic mass is 10.0. The maximum atomic E-state index is 2.47. The minimum absolute atomic E-state index is 1.16. The van der Waals surface area contributed by atoms with Crippen LogP contribution in [0.3, 0.4) is 0 Å². The first-order valence-electron chi connectivity index (χ1n) is 18.3. The van der Waals surface area contributed by atoms with E-state index in [0.717, 1.165) is 12.8 Å². The first kappa shape index (κ1) is 33.3. The predicted molar refractivity (Wildman–Crippen MR) is 212 cm³/mol. The Balaban J connectivity index is 1.22. The highest BCUT2D eigenvalue weighted by Crippen LogP contribution is 2.34. The van der Waals surface area contributed by atoms with Crippen LogP contribution in [0.15, 0.2) is 109 Å². The van der Waals surface area contributed by atoms with E-state index in [9.17, 15) is 0 Å². The van der Waals surface area contributed by atoms with Crippen LogP contribution in [0.1, 0.15) is 104 Å². The third-order valence-corrected chi connectivity index (χ3v) is 9.63. The third kappa shape index (κ3) is 8.45. The minimum Gasteiger partial charge on any atom is -0.309 e. The van der Waals surface area contributed by atoms with Crippen molar-refractivity contribution in [3.63, 3.8) is 0 Å². The summed E-state index contributed by atoms with van der Waals surface area (Å²) < 4.78 is 2.46. The van der Waals surface area contributed by atoms with Gasteiger partial charge in [-0.05, 0) is 102 Å². The van der Waals surface area contributed by atoms with Gasteiger partial charge in [-0.3, -0.25) is 0 Å². The molecule has 0 atom stereocenters. The Kier molecular flexibility index (Phi) is 11.4. The van der Waals surface area contributed by atoms with Gasteiger partial charge in [0.25, 0.3) is 0 Å². The van der Waals surface area contributed by atoms with Crippen LogP contribution < -0.4 is 0 Å². The summed E-state index contributed by atoms with van der Waals surface area (Å²) in [6.45, 7) is 6.69. The molecular weight excluding hydrogens is 579 g/mol. The van der Waals surface area contributed by atoms with Crippen LogP contribution >= 0.6 is 0 Å². The van der Waals surface area contributed by atoms with Crippen LogP contribution in [0.4, 0.5) is 0 Å². The fraction of sp³-hybridized carbons (Fsp3) is 0.277. The number of hydrogen-bond donors (Lipinski definition) is 0. The molecule has 48 heavy (non-hydrogen) atoms. The Bertz CT molecular complexity index is 1900. The van der Waals surface area contributed by atoms with E-state index >= 15 is 0 Å². The molecule has 0 unspecified atom stereocenters. The molecular formula is C47H51N. The normalized spacial score (nSPS) is 11.9. The van der Waals surface area contributed by atoms with Gasteiger partial charge >= 0.3 is 0 Å². The zero-order valence-electron chi connectivity index (χ0n) is 29.2. The monoisotopic (exact) mass is 629 g/mol. The van der Waals surface area contributed by atoms with E-state index in [2.05, 4.69) is 159 Å². The smallest absolute Gasteiger partial charge is 0.0541 e. The van der Waals surface area contributed by atoms with Gasteiger partial charge in [0.15, 0.2) is 0 Å². The summed E-state index contributed by atoms with van der Waals surface area (Å²) in [5, 5.41) is 2.77. The molecule has 0 amide bonds. The highest BCUT2D eigenvalue weighted by molar-refractivity contribution is 6.09. The second-order valence-corrected chi connectivity index (χ2v) is 13.5. The number of aryl methyl sites for hydroxylation is 3. The van der Waals surface area contributed by atoms with Gasteiger partial charge in [-0.15, -0.1) is 0 Å². The number of nitrogens with zero attached hydrogens (tertiary/aromatic N) is 1. The summed E-state index contributed by atoms with van der Waals surface area (Å²) in [6, 6.07) is 40.8. The Labute approximate surface area is 288 Å². The molecule has 6 rings (SSSR count). The molecule has 0 aliphatic rings. The first-order valence-corrected chi connectivity index (χ1v) is 18.3. The predicted octanol–water partition coefficient (Wildman–Crippen LogP) is 13.7. The molecule has 0 aliphatic heterocycles. The SMILES string of the molecule is CCCCCCc1ccc2c(c1)c1cc(CCCCCC)ccc1n2-c1ccc(/C=C/c2ccc(/C=C/c3ccc(C)cc3)cc2)cc1. The Morgan fingerprint density at radius 1 is 0.438 bits per heavy atom. The quantitative estimate of drug-likeness (QED) is 0.0787. The molecule has 0 spiro atoms. The molecule has 6 aromatic rings. The van der Waals surface area contributed by atoms with Crippen molar-refractivity contribution >= 4 is 46.1 Å². The molecule has 5 aromatic carbocycles. The van der Waals surface area contributed by atoms with Gasteiger partial charge in [0.1, 0.15) is 0 Å². The van der Waals surface area contributed by atoms with Crippen LogP contribution in [0.25, 0.3) is 51.8 Å². The second kappa shape index (κ2) is 16.5. The van der Waals surface area contributed by atoms with Gasteiger partial charge in [-0.25, -0.2) is 0 Å². The standard InChI is InChI=1S/C47H51N/c1-4-6-8-10-12-41-28-32-46-44(34-41)45-35-42(13-11-9-7-5-2)29-33-47(45)48(46)43-30-26-40(27-31-43)25-24-39-22-20-38(21-23-39)19-18-37-16-14-36(3)15-17-37/h14-35H,4-13H2,1-3H3/b19-18+,25-24+. The molecule has 1 heterocycles. The third-order valence-electron chi connectivity index (χ3n) is 9.63. The van der Waals surface area contributed by atoms with E-state index in [1.54, 1.807) is 0 Å². The minimum atomic E-state index is 1.16. The largest absolute Gasteiger partial charge is 0.309 e. The van der Waals surface area contributed by atoms with Crippen molar-refractivity contribution in [2.45, 2.75) is 85.0 Å². The Morgan fingerprint density at radius 2 is 0.833 bits per heavy atom. The van der Waals surface area contributed by atoms with Crippen molar-refractivity contribution < 1.29 is 0 Å². The van der Waals surface area contributed by atoms with Crippen LogP contribution in [-0.2, 0) is 12.8 Å². The average Bonchev–Trinajstić information content (AvgIpc) is 3.44. The maximum Gasteiger partial charge on any atom is 0.0541 e. The summed E-state index contributed by atoms with van der Waals surface area (Å²) in [5.74, 6) is 0. The fourth-order valence-corrected chi connectivity index (χ4v) is 6.73. The van der Waals surface area contributed by atoms with Gasteiger partial charge in [0, 0.05) is 16.5 Å². The van der Waals surface area contributed by atoms with Crippen molar-refractivity contribution in [2.75, 3.05) is 0 Å². The zero-order chi connectivity index (χ0) is 33.1. The van der Waals surface area contributed by atoms with E-state index in [4.69, 9.17) is 0 Å². The summed E-state index contributed by atoms with van der Waals surface area (Å²) in [7, 11) is 0. The van der Waals surface area contributed by atoms with Gasteiger partial charge in [0.2, 0.25) is 0 Å². The molecule has 0 fully saturated rings. The van der Waals surface area contributed by atoms with Gasteiger partial charge < -0.3 is 4.57 Å². The summed E-state index contributed by atoms with van der Waals surface area (Å²) in [4.78, 5) is 0. The highest BCUT2D eigenvalue weighted by Gasteiger charge is 2.14. The van der Waals surface area contributed by atoms with Crippen molar-refractivity contribution in [1.82, 2.24) is 4.57 Å². The van der Waals surface area contributed by atoms with E-state index in [1.165, 1.54) is 118 Å². The van der Waals surface area contributed by atoms with Crippen molar-refractivity contribution in [3.05, 3.63) is 148 Å². The number of unbranched alkanes of at least 4 members (excludes halogenated alkanes) is 6. The molecule has 0 saturated heterocycles. The summed E-state index contributed by atoms with van der Waals surface area (Å²) >= 11 is 0. The maximum absolute atomic E-state index is 2.47. The van der Waals surface area contributed by atoms with Crippen molar-refractivity contribution in [2.24, 2.45) is 0 Å². The van der Waals surface area contributed by atoms with E-state index in [1.807, 2.05) is 0 Å². The lowest BCUT2D eigenvalue weighted by Crippen LogP contribution is -1.94. The van der Waals surface area contributed by atoms with Gasteiger partial charge in [-0.2, -0.15) is 0 Å². The Morgan fingerprint density at radius 3 is 1.25 bits per heavy atom. The molecule has 1 heteroatoms. The molecule has 0 N–H and O–H groups in total. The average molecular weight is 630 g/mol. The Hall–Kier alpha value is -4.62. The topological polar surface area (TPSA) is 4.93 Å². The highest BCUT2D eigenvalue weighted by atomic mass is 15.0. The number of aromatic nitrogens is 1. The summed E-state index contributed by atoms with van der Waals surface area (Å²) in [6.07, 6.45) is 21.5. The number of rotatable bonds is 15. The molecule has 244 valence electrons. The molecule has 0 aliphatic carbocycles. The lowest BCUT2D eigenvalue weighted by molar-refractivity contribution is 0.667. The fourth-order valence-electron chi connectivity index (χ4n) is 6.73. The van der Waals surface area contributed by atoms with Crippen LogP contribution in [0.5, 0.6) is 0 Å². The van der Waals surface area contributed by atoms with Crippen LogP contribution in [0, 0.1) is 6.92 Å². The van der Waals surface area contributed by atoms with Crippen molar-refractivity contribution in [3.8, 4) is 5.69 Å². The first-order chi connectivity index (χ1) is 23.6. The van der Waals surface area contributed by atoms with Crippen LogP contribution in [0.2, 0.25) is 0 Å². The molecule has 0 bridgehead atoms. The number of hydrogen-bond acceptors (Lipinski definition) is 0. The lowest BCUT2D eigenvalue weighted by Gasteiger charge is -2.09. The summed E-state index contributed by atoms with van der Waals surface area (Å²) in [5.41, 5.74) is 12.8. The second-order valence-electron chi connectivity index (χ2n) is 13.5. The van der Waals surface area contributed by atoms with Gasteiger partial charge in [0.05, 0.1) is 11.0 Å². The van der Waals surface area contributed by atoms with E-state index in [-0.39, 0.29) is 0 Å². The van der Waals surface area contributed by atoms with Gasteiger partial charge in [-0.1, -0.05) is 155 Å². The molecule has 0 radical (unpaired) electrons. The van der Waals surface area contributed by atoms with Crippen molar-refractivity contribution in [1.29, 1.82) is 0 Å². The molecule has 1 aromatic heterocycles. The zero-order valence-corrected chi connectivity index (χ0v) is 29.2. The van der Waals surface area contributed by atoms with E-state index in [0.29, 0.717) is 0 Å². The van der Waals surface area contributed by atoms with Crippen LogP contribution in [-0.4, -0.2) is 4.57 Å².